The third-order valence-electron chi connectivity index (χ3n) is 6.37. The number of alkyl halides is 2. The van der Waals surface area contributed by atoms with E-state index in [9.17, 15) is 18.4 Å². The summed E-state index contributed by atoms with van der Waals surface area (Å²) >= 11 is 0. The summed E-state index contributed by atoms with van der Waals surface area (Å²) in [6.45, 7) is 2.28. The molecule has 5 rings (SSSR count). The van der Waals surface area contributed by atoms with Crippen molar-refractivity contribution < 1.29 is 18.4 Å². The number of fused-ring (bicyclic) bond motifs is 1. The Kier molecular flexibility index (Phi) is 5.16. The summed E-state index contributed by atoms with van der Waals surface area (Å²) in [5.41, 5.74) is 2.62. The summed E-state index contributed by atoms with van der Waals surface area (Å²) in [7, 11) is 0. The molecule has 34 heavy (non-hydrogen) atoms. The minimum absolute atomic E-state index is 0.137. The number of hydrogen-bond donors (Lipinski definition) is 1. The molecule has 2 amide bonds. The summed E-state index contributed by atoms with van der Waals surface area (Å²) in [5.74, 6) is -3.63. The van der Waals surface area contributed by atoms with Gasteiger partial charge in [0.2, 0.25) is 5.92 Å². The van der Waals surface area contributed by atoms with Crippen LogP contribution in [0.4, 0.5) is 20.2 Å². The number of benzene rings is 2. The van der Waals surface area contributed by atoms with Crippen LogP contribution >= 0.6 is 0 Å². The van der Waals surface area contributed by atoms with Gasteiger partial charge in [-0.2, -0.15) is 10.4 Å². The first-order valence-corrected chi connectivity index (χ1v) is 10.9. The Morgan fingerprint density at radius 2 is 1.94 bits per heavy atom. The maximum Gasteiger partial charge on any atom is 0.277 e. The van der Waals surface area contributed by atoms with Crippen molar-refractivity contribution >= 4 is 23.2 Å². The molecule has 7 nitrogen and oxygen atoms in total. The second-order valence-electron chi connectivity index (χ2n) is 8.81. The van der Waals surface area contributed by atoms with E-state index < -0.39 is 11.8 Å². The molecular formula is C25H21F2N5O2. The van der Waals surface area contributed by atoms with Crippen molar-refractivity contribution in [2.75, 3.05) is 10.2 Å². The van der Waals surface area contributed by atoms with Gasteiger partial charge in [0.15, 0.2) is 0 Å². The molecule has 1 fully saturated rings. The van der Waals surface area contributed by atoms with Gasteiger partial charge in [-0.15, -0.1) is 0 Å². The van der Waals surface area contributed by atoms with E-state index in [0.29, 0.717) is 23.5 Å². The summed E-state index contributed by atoms with van der Waals surface area (Å²) in [5, 5.41) is 16.0. The average molecular weight is 461 g/mol. The number of amides is 2. The van der Waals surface area contributed by atoms with Crippen LogP contribution in [-0.2, 0) is 6.54 Å². The van der Waals surface area contributed by atoms with E-state index >= 15 is 0 Å². The van der Waals surface area contributed by atoms with Gasteiger partial charge in [-0.1, -0.05) is 18.2 Å². The van der Waals surface area contributed by atoms with Crippen LogP contribution in [0.15, 0.2) is 54.7 Å². The van der Waals surface area contributed by atoms with Crippen molar-refractivity contribution in [3.05, 3.63) is 77.1 Å². The molecule has 9 heteroatoms. The van der Waals surface area contributed by atoms with Gasteiger partial charge in [0, 0.05) is 24.2 Å². The van der Waals surface area contributed by atoms with Crippen molar-refractivity contribution in [1.82, 2.24) is 9.78 Å². The highest BCUT2D eigenvalue weighted by atomic mass is 19.3. The van der Waals surface area contributed by atoms with Crippen molar-refractivity contribution in [1.29, 1.82) is 5.26 Å². The van der Waals surface area contributed by atoms with Crippen LogP contribution < -0.4 is 10.2 Å². The molecule has 3 aromatic rings. The van der Waals surface area contributed by atoms with E-state index in [4.69, 9.17) is 5.26 Å². The zero-order chi connectivity index (χ0) is 24.0. The zero-order valence-corrected chi connectivity index (χ0v) is 18.3. The standard InChI is InChI=1S/C25H21F2N5O2/c1-15-14-31-22(21(13-29-31)23(33)30-19-4-2-3-16(9-19)12-28)24(34)32(15)20-7-5-17(6-8-20)18-10-25(26,27)11-18/h2-9,13,15,18H,10-11,14H2,1H3,(H,30,33)/t15-/m0/s1. The van der Waals surface area contributed by atoms with Crippen LogP contribution in [0, 0.1) is 11.3 Å². The van der Waals surface area contributed by atoms with Crippen molar-refractivity contribution in [3.8, 4) is 6.07 Å². The van der Waals surface area contributed by atoms with E-state index in [1.54, 1.807) is 53.4 Å². The SMILES string of the molecule is C[C@H]1Cn2ncc(C(=O)Nc3cccc(C#N)c3)c2C(=O)N1c1ccc(C2CC(F)(F)C2)cc1. The van der Waals surface area contributed by atoms with E-state index in [2.05, 4.69) is 10.4 Å². The fraction of sp³-hybridized carbons (Fsp3) is 0.280. The lowest BCUT2D eigenvalue weighted by molar-refractivity contribution is -0.0867. The third-order valence-corrected chi connectivity index (χ3v) is 6.37. The molecule has 1 aromatic heterocycles. The molecule has 1 saturated carbocycles. The molecule has 0 unspecified atom stereocenters. The molecule has 1 aliphatic heterocycles. The smallest absolute Gasteiger partial charge is 0.277 e. The number of carbonyl (C=O) groups is 2. The highest BCUT2D eigenvalue weighted by Gasteiger charge is 2.45. The number of halogens is 2. The first-order valence-electron chi connectivity index (χ1n) is 10.9. The van der Waals surface area contributed by atoms with Crippen LogP contribution in [0.1, 0.15) is 57.7 Å². The largest absolute Gasteiger partial charge is 0.322 e. The van der Waals surface area contributed by atoms with Crippen LogP contribution in [-0.4, -0.2) is 33.6 Å². The fourth-order valence-electron chi connectivity index (χ4n) is 4.60. The van der Waals surface area contributed by atoms with Crippen LogP contribution in [0.5, 0.6) is 0 Å². The minimum atomic E-state index is -2.59. The highest BCUT2D eigenvalue weighted by Crippen LogP contribution is 2.48. The zero-order valence-electron chi connectivity index (χ0n) is 18.3. The minimum Gasteiger partial charge on any atom is -0.322 e. The normalized spacial score (nSPS) is 19.2. The Bertz CT molecular complexity index is 1320. The highest BCUT2D eigenvalue weighted by molar-refractivity contribution is 6.15. The van der Waals surface area contributed by atoms with Gasteiger partial charge in [0.05, 0.1) is 36.0 Å². The first-order chi connectivity index (χ1) is 16.3. The van der Waals surface area contributed by atoms with Crippen LogP contribution in [0.3, 0.4) is 0 Å². The summed E-state index contributed by atoms with van der Waals surface area (Å²) < 4.78 is 28.0. The van der Waals surface area contributed by atoms with E-state index in [-0.39, 0.29) is 42.0 Å². The van der Waals surface area contributed by atoms with Crippen molar-refractivity contribution in [2.45, 2.75) is 44.2 Å². The topological polar surface area (TPSA) is 91.0 Å². The number of rotatable bonds is 4. The van der Waals surface area contributed by atoms with Crippen LogP contribution in [0.2, 0.25) is 0 Å². The molecule has 172 valence electrons. The molecule has 0 spiro atoms. The maximum absolute atomic E-state index is 13.5. The Hall–Kier alpha value is -4.06. The Balaban J connectivity index is 1.39. The van der Waals surface area contributed by atoms with Gasteiger partial charge in [-0.3, -0.25) is 14.3 Å². The van der Waals surface area contributed by atoms with Gasteiger partial charge in [-0.05, 0) is 48.7 Å². The lowest BCUT2D eigenvalue weighted by atomic mass is 9.77. The molecule has 1 atom stereocenters. The number of anilines is 2. The molecule has 2 aliphatic rings. The molecule has 0 bridgehead atoms. The van der Waals surface area contributed by atoms with E-state index in [1.807, 2.05) is 13.0 Å². The quantitative estimate of drug-likeness (QED) is 0.616. The second kappa shape index (κ2) is 8.06. The molecule has 0 saturated heterocycles. The van der Waals surface area contributed by atoms with Gasteiger partial charge in [0.25, 0.3) is 11.8 Å². The summed E-state index contributed by atoms with van der Waals surface area (Å²) in [6.07, 6.45) is 1.06. The van der Waals surface area contributed by atoms with Crippen molar-refractivity contribution in [3.63, 3.8) is 0 Å². The fourth-order valence-corrected chi connectivity index (χ4v) is 4.60. The number of nitriles is 1. The second-order valence-corrected chi connectivity index (χ2v) is 8.81. The van der Waals surface area contributed by atoms with Gasteiger partial charge in [-0.25, -0.2) is 8.78 Å². The lowest BCUT2D eigenvalue weighted by Gasteiger charge is -2.36. The van der Waals surface area contributed by atoms with E-state index in [1.165, 1.54) is 10.9 Å². The predicted molar refractivity (Wildman–Crippen MR) is 121 cm³/mol. The van der Waals surface area contributed by atoms with E-state index in [0.717, 1.165) is 5.56 Å². The van der Waals surface area contributed by atoms with Gasteiger partial charge < -0.3 is 10.2 Å². The third kappa shape index (κ3) is 3.81. The number of nitrogens with zero attached hydrogens (tertiary/aromatic N) is 4. The number of hydrogen-bond acceptors (Lipinski definition) is 4. The Morgan fingerprint density at radius 3 is 2.62 bits per heavy atom. The first kappa shape index (κ1) is 21.8. The predicted octanol–water partition coefficient (Wildman–Crippen LogP) is 4.57. The maximum atomic E-state index is 13.5. The molecule has 1 aliphatic carbocycles. The van der Waals surface area contributed by atoms with Crippen molar-refractivity contribution in [2.24, 2.45) is 0 Å². The summed E-state index contributed by atoms with van der Waals surface area (Å²) in [4.78, 5) is 28.0. The van der Waals surface area contributed by atoms with Gasteiger partial charge in [0.1, 0.15) is 5.69 Å². The monoisotopic (exact) mass is 461 g/mol. The Labute approximate surface area is 194 Å². The number of aromatic nitrogens is 2. The molecule has 0 radical (unpaired) electrons. The molecule has 2 heterocycles. The molecule has 2 aromatic carbocycles. The van der Waals surface area contributed by atoms with Gasteiger partial charge >= 0.3 is 0 Å². The average Bonchev–Trinajstić information content (AvgIpc) is 3.22. The molecular weight excluding hydrogens is 440 g/mol. The van der Waals surface area contributed by atoms with Crippen LogP contribution in [0.25, 0.3) is 0 Å². The number of carbonyl (C=O) groups excluding carboxylic acids is 2. The lowest BCUT2D eigenvalue weighted by Crippen LogP contribution is -2.47. The Morgan fingerprint density at radius 1 is 1.21 bits per heavy atom. The number of nitrogens with one attached hydrogen (secondary N) is 1. The summed E-state index contributed by atoms with van der Waals surface area (Å²) in [6, 6.07) is 15.4. The molecule has 1 N–H and O–H groups in total.